The van der Waals surface area contributed by atoms with Gasteiger partial charge in [-0.3, -0.25) is 14.5 Å². The van der Waals surface area contributed by atoms with E-state index in [0.717, 1.165) is 10.0 Å². The smallest absolute Gasteiger partial charge is 0.300 e. The van der Waals surface area contributed by atoms with Gasteiger partial charge in [0, 0.05) is 21.8 Å². The van der Waals surface area contributed by atoms with Crippen LogP contribution in [0, 0.1) is 6.92 Å². The van der Waals surface area contributed by atoms with Gasteiger partial charge in [-0.1, -0.05) is 28.1 Å². The molecule has 3 aromatic rings. The summed E-state index contributed by atoms with van der Waals surface area (Å²) in [6.45, 7) is 4.21. The lowest BCUT2D eigenvalue weighted by molar-refractivity contribution is -0.132. The molecular weight excluding hydrogens is 462 g/mol. The van der Waals surface area contributed by atoms with Gasteiger partial charge in [-0.05, 0) is 55.8 Å². The molecule has 4 rings (SSSR count). The number of carbonyl (C=O) groups is 2. The van der Waals surface area contributed by atoms with Gasteiger partial charge in [0.2, 0.25) is 0 Å². The lowest BCUT2D eigenvalue weighted by Gasteiger charge is -2.23. The summed E-state index contributed by atoms with van der Waals surface area (Å²) in [6, 6.07) is 14.6. The first kappa shape index (κ1) is 20.9. The van der Waals surface area contributed by atoms with Gasteiger partial charge in [0.15, 0.2) is 0 Å². The molecule has 2 heterocycles. The van der Waals surface area contributed by atoms with Crippen molar-refractivity contribution >= 4 is 39.1 Å². The predicted molar refractivity (Wildman–Crippen MR) is 120 cm³/mol. The highest BCUT2D eigenvalue weighted by atomic mass is 79.9. The van der Waals surface area contributed by atoms with Crippen molar-refractivity contribution in [3.63, 3.8) is 0 Å². The number of hydrogen-bond acceptors (Lipinski definition) is 5. The Hall–Kier alpha value is -3.32. The fourth-order valence-corrected chi connectivity index (χ4v) is 3.90. The molecule has 1 amide bonds. The van der Waals surface area contributed by atoms with Gasteiger partial charge in [0.1, 0.15) is 23.3 Å². The average Bonchev–Trinajstić information content (AvgIpc) is 3.37. The molecule has 1 N–H and O–H groups in total. The summed E-state index contributed by atoms with van der Waals surface area (Å²) in [5.41, 5.74) is 1.78. The molecule has 6 nitrogen and oxygen atoms in total. The van der Waals surface area contributed by atoms with Crippen molar-refractivity contribution in [1.29, 1.82) is 0 Å². The molecule has 7 heteroatoms. The Morgan fingerprint density at radius 1 is 1.16 bits per heavy atom. The number of rotatable bonds is 5. The van der Waals surface area contributed by atoms with Crippen LogP contribution in [0.2, 0.25) is 0 Å². The van der Waals surface area contributed by atoms with Crippen molar-refractivity contribution in [2.24, 2.45) is 0 Å². The summed E-state index contributed by atoms with van der Waals surface area (Å²) in [7, 11) is 0. The van der Waals surface area contributed by atoms with Crippen LogP contribution in [0.3, 0.4) is 0 Å². The third-order valence-electron chi connectivity index (χ3n) is 5.10. The zero-order valence-electron chi connectivity index (χ0n) is 17.0. The zero-order chi connectivity index (χ0) is 22.1. The average molecular weight is 482 g/mol. The summed E-state index contributed by atoms with van der Waals surface area (Å²) < 4.78 is 12.0. The van der Waals surface area contributed by atoms with E-state index in [0.29, 0.717) is 29.4 Å². The van der Waals surface area contributed by atoms with Crippen LogP contribution in [0.15, 0.2) is 75.3 Å². The quantitative estimate of drug-likeness (QED) is 0.300. The van der Waals surface area contributed by atoms with E-state index in [1.807, 2.05) is 13.8 Å². The highest BCUT2D eigenvalue weighted by Gasteiger charge is 2.48. The Balaban J connectivity index is 1.90. The SMILES string of the molecule is CCOc1cccc(N2C(=O)C(=O)/C(=C(\O)c3ccc(Br)c(C)c3)C2c2ccco2)c1. The van der Waals surface area contributed by atoms with Crippen molar-refractivity contribution in [2.45, 2.75) is 19.9 Å². The van der Waals surface area contributed by atoms with E-state index >= 15 is 0 Å². The monoisotopic (exact) mass is 481 g/mol. The number of aliphatic hydroxyl groups excluding tert-OH is 1. The summed E-state index contributed by atoms with van der Waals surface area (Å²) in [4.78, 5) is 27.5. The molecule has 2 aromatic carbocycles. The third-order valence-corrected chi connectivity index (χ3v) is 5.99. The molecule has 0 aliphatic carbocycles. The minimum Gasteiger partial charge on any atom is -0.507 e. The van der Waals surface area contributed by atoms with E-state index in [1.165, 1.54) is 11.2 Å². The highest BCUT2D eigenvalue weighted by Crippen LogP contribution is 2.43. The first-order valence-corrected chi connectivity index (χ1v) is 10.6. The third kappa shape index (κ3) is 3.77. The molecule has 1 aliphatic heterocycles. The topological polar surface area (TPSA) is 80.0 Å². The maximum Gasteiger partial charge on any atom is 0.300 e. The number of aliphatic hydroxyl groups is 1. The second-order valence-corrected chi connectivity index (χ2v) is 7.93. The van der Waals surface area contributed by atoms with Gasteiger partial charge >= 0.3 is 0 Å². The number of ketones is 1. The number of carbonyl (C=O) groups excluding carboxylic acids is 2. The molecule has 1 aliphatic rings. The van der Waals surface area contributed by atoms with Crippen LogP contribution < -0.4 is 9.64 Å². The zero-order valence-corrected chi connectivity index (χ0v) is 18.5. The van der Waals surface area contributed by atoms with Crippen LogP contribution in [0.5, 0.6) is 5.75 Å². The van der Waals surface area contributed by atoms with Crippen molar-refractivity contribution in [1.82, 2.24) is 0 Å². The van der Waals surface area contributed by atoms with Crippen LogP contribution >= 0.6 is 15.9 Å². The Kier molecular flexibility index (Phi) is 5.69. The number of nitrogens with zero attached hydrogens (tertiary/aromatic N) is 1. The van der Waals surface area contributed by atoms with Gasteiger partial charge in [-0.25, -0.2) is 0 Å². The molecule has 31 heavy (non-hydrogen) atoms. The van der Waals surface area contributed by atoms with E-state index in [1.54, 1.807) is 54.6 Å². The number of aryl methyl sites for hydroxylation is 1. The number of Topliss-reactive ketones (excluding diaryl/α,β-unsaturated/α-hetero) is 1. The maximum absolute atomic E-state index is 13.1. The molecule has 1 saturated heterocycles. The van der Waals surface area contributed by atoms with Crippen LogP contribution in [-0.2, 0) is 9.59 Å². The Morgan fingerprint density at radius 2 is 1.97 bits per heavy atom. The van der Waals surface area contributed by atoms with E-state index in [9.17, 15) is 14.7 Å². The molecule has 1 unspecified atom stereocenters. The lowest BCUT2D eigenvalue weighted by Crippen LogP contribution is -2.29. The summed E-state index contributed by atoms with van der Waals surface area (Å²) in [5.74, 6) is -0.828. The number of ether oxygens (including phenoxy) is 1. The second kappa shape index (κ2) is 8.43. The molecule has 1 aromatic heterocycles. The Morgan fingerprint density at radius 3 is 2.65 bits per heavy atom. The summed E-state index contributed by atoms with van der Waals surface area (Å²) in [5, 5.41) is 11.1. The van der Waals surface area contributed by atoms with Crippen molar-refractivity contribution in [3.05, 3.63) is 87.8 Å². The summed E-state index contributed by atoms with van der Waals surface area (Å²) in [6.07, 6.45) is 1.47. The minimum atomic E-state index is -0.907. The van der Waals surface area contributed by atoms with Crippen molar-refractivity contribution in [3.8, 4) is 5.75 Å². The number of anilines is 1. The van der Waals surface area contributed by atoms with Crippen LogP contribution in [0.1, 0.15) is 29.9 Å². The van der Waals surface area contributed by atoms with Gasteiger partial charge < -0.3 is 14.3 Å². The van der Waals surface area contributed by atoms with Crippen molar-refractivity contribution < 1.29 is 23.8 Å². The number of hydrogen-bond donors (Lipinski definition) is 1. The van der Waals surface area contributed by atoms with Crippen LogP contribution in [0.25, 0.3) is 5.76 Å². The molecule has 0 bridgehead atoms. The Bertz CT molecular complexity index is 1180. The lowest BCUT2D eigenvalue weighted by atomic mass is 9.98. The van der Waals surface area contributed by atoms with Gasteiger partial charge in [-0.2, -0.15) is 0 Å². The number of furan rings is 1. The highest BCUT2D eigenvalue weighted by molar-refractivity contribution is 9.10. The van der Waals surface area contributed by atoms with E-state index in [2.05, 4.69) is 15.9 Å². The molecule has 0 radical (unpaired) electrons. The minimum absolute atomic E-state index is 0.0246. The van der Waals surface area contributed by atoms with Crippen LogP contribution in [0.4, 0.5) is 5.69 Å². The number of halogens is 1. The largest absolute Gasteiger partial charge is 0.507 e. The van der Waals surface area contributed by atoms with Gasteiger partial charge in [0.25, 0.3) is 11.7 Å². The van der Waals surface area contributed by atoms with E-state index in [4.69, 9.17) is 9.15 Å². The molecule has 0 saturated carbocycles. The maximum atomic E-state index is 13.1. The molecule has 158 valence electrons. The molecular formula is C24H20BrNO5. The molecule has 0 spiro atoms. The molecule has 1 fully saturated rings. The van der Waals surface area contributed by atoms with Gasteiger partial charge in [0.05, 0.1) is 18.4 Å². The standard InChI is InChI=1S/C24H20BrNO5/c1-3-30-17-7-4-6-16(13-17)26-21(19-8-5-11-31-19)20(23(28)24(26)29)22(27)15-9-10-18(25)14(2)12-15/h4-13,21,27H,3H2,1-2H3/b22-20-. The normalized spacial score (nSPS) is 17.9. The second-order valence-electron chi connectivity index (χ2n) is 7.08. The van der Waals surface area contributed by atoms with E-state index < -0.39 is 17.7 Å². The fourth-order valence-electron chi connectivity index (χ4n) is 3.65. The molecule has 1 atom stereocenters. The van der Waals surface area contributed by atoms with E-state index in [-0.39, 0.29) is 11.3 Å². The summed E-state index contributed by atoms with van der Waals surface area (Å²) >= 11 is 3.43. The Labute approximate surface area is 187 Å². The van der Waals surface area contributed by atoms with Gasteiger partial charge in [-0.15, -0.1) is 0 Å². The number of amides is 1. The fraction of sp³-hybridized carbons (Fsp3) is 0.167. The first-order valence-electron chi connectivity index (χ1n) is 9.76. The predicted octanol–water partition coefficient (Wildman–Crippen LogP) is 5.38. The number of benzene rings is 2. The first-order chi connectivity index (χ1) is 14.9. The van der Waals surface area contributed by atoms with Crippen LogP contribution in [-0.4, -0.2) is 23.4 Å². The van der Waals surface area contributed by atoms with Crippen molar-refractivity contribution in [2.75, 3.05) is 11.5 Å².